The fourth-order valence-corrected chi connectivity index (χ4v) is 2.57. The van der Waals surface area contributed by atoms with E-state index in [9.17, 15) is 0 Å². The first-order chi connectivity index (χ1) is 12.8. The number of aliphatic imine (C=N–C) groups is 1. The van der Waals surface area contributed by atoms with E-state index in [-0.39, 0.29) is 0 Å². The molecule has 1 aromatic heterocycles. The summed E-state index contributed by atoms with van der Waals surface area (Å²) in [6.45, 7) is 0.542. The largest absolute Gasteiger partial charge is 0.309 e. The van der Waals surface area contributed by atoms with Crippen LogP contribution in [0.1, 0.15) is 16.7 Å². The molecule has 0 aliphatic carbocycles. The number of hydroxylamine groups is 1. The summed E-state index contributed by atoms with van der Waals surface area (Å²) in [5.41, 5.74) is 6.23. The van der Waals surface area contributed by atoms with Crippen LogP contribution in [0.4, 0.5) is 5.82 Å². The van der Waals surface area contributed by atoms with Gasteiger partial charge >= 0.3 is 0 Å². The van der Waals surface area contributed by atoms with Crippen LogP contribution in [0.5, 0.6) is 0 Å². The van der Waals surface area contributed by atoms with Crippen molar-refractivity contribution in [2.45, 2.75) is 13.0 Å². The lowest BCUT2D eigenvalue weighted by Crippen LogP contribution is -2.30. The van der Waals surface area contributed by atoms with Crippen molar-refractivity contribution in [3.05, 3.63) is 95.7 Å². The van der Waals surface area contributed by atoms with Gasteiger partial charge in [0.15, 0.2) is 0 Å². The number of aromatic nitrogens is 1. The number of rotatable bonds is 6. The van der Waals surface area contributed by atoms with Crippen LogP contribution >= 0.6 is 0 Å². The predicted octanol–water partition coefficient (Wildman–Crippen LogP) is 3.79. The molecule has 0 saturated carbocycles. The number of hydrogen-bond donors (Lipinski definition) is 2. The molecule has 0 atom stereocenters. The van der Waals surface area contributed by atoms with Crippen LogP contribution in [0, 0.1) is 0 Å². The number of nitrogens with one attached hydrogen (secondary N) is 2. The summed E-state index contributed by atoms with van der Waals surface area (Å²) in [5.74, 6) is 1.28. The van der Waals surface area contributed by atoms with Crippen molar-refractivity contribution in [2.24, 2.45) is 4.99 Å². The second-order valence-electron chi connectivity index (χ2n) is 5.76. The molecule has 3 rings (SSSR count). The van der Waals surface area contributed by atoms with Gasteiger partial charge in [-0.25, -0.2) is 15.5 Å². The van der Waals surface area contributed by atoms with Gasteiger partial charge in [-0.05, 0) is 22.8 Å². The molecule has 2 N–H and O–H groups in total. The summed E-state index contributed by atoms with van der Waals surface area (Å²) in [6, 6.07) is 24.4. The molecule has 0 saturated heterocycles. The Kier molecular flexibility index (Phi) is 6.34. The van der Waals surface area contributed by atoms with E-state index in [4.69, 9.17) is 4.84 Å². The molecule has 5 heteroatoms. The van der Waals surface area contributed by atoms with Crippen LogP contribution < -0.4 is 10.8 Å². The number of benzene rings is 2. The zero-order valence-electron chi connectivity index (χ0n) is 14.7. The molecule has 0 spiro atoms. The number of pyridine rings is 1. The Hall–Kier alpha value is -3.18. The van der Waals surface area contributed by atoms with Crippen LogP contribution in [0.25, 0.3) is 0 Å². The lowest BCUT2D eigenvalue weighted by molar-refractivity contribution is 0.144. The van der Waals surface area contributed by atoms with Crippen LogP contribution in [-0.2, 0) is 17.8 Å². The molecule has 5 nitrogen and oxygen atoms in total. The second kappa shape index (κ2) is 9.34. The summed E-state index contributed by atoms with van der Waals surface area (Å²) >= 11 is 0. The minimum absolute atomic E-state index is 0.518. The molecule has 0 aliphatic heterocycles. The van der Waals surface area contributed by atoms with Crippen LogP contribution in [0.2, 0.25) is 0 Å². The van der Waals surface area contributed by atoms with Crippen molar-refractivity contribution >= 4 is 11.8 Å². The third-order valence-corrected chi connectivity index (χ3v) is 3.83. The fourth-order valence-electron chi connectivity index (χ4n) is 2.57. The molecule has 0 aliphatic rings. The Morgan fingerprint density at radius 2 is 1.62 bits per heavy atom. The molecule has 26 heavy (non-hydrogen) atoms. The van der Waals surface area contributed by atoms with Gasteiger partial charge in [-0.1, -0.05) is 66.7 Å². The highest BCUT2D eigenvalue weighted by Crippen LogP contribution is 2.16. The third kappa shape index (κ3) is 5.16. The van der Waals surface area contributed by atoms with Gasteiger partial charge < -0.3 is 5.32 Å². The Morgan fingerprint density at radius 1 is 0.923 bits per heavy atom. The smallest absolute Gasteiger partial charge is 0.221 e. The van der Waals surface area contributed by atoms with E-state index in [1.54, 1.807) is 13.3 Å². The van der Waals surface area contributed by atoms with Crippen molar-refractivity contribution in [2.75, 3.05) is 12.4 Å². The molecular formula is C21H22N4O. The lowest BCUT2D eigenvalue weighted by Gasteiger charge is -2.13. The first-order valence-corrected chi connectivity index (χ1v) is 8.47. The fraction of sp³-hybridized carbons (Fsp3) is 0.143. The molecule has 2 aromatic carbocycles. The molecule has 0 amide bonds. The normalized spacial score (nSPS) is 11.2. The van der Waals surface area contributed by atoms with Crippen molar-refractivity contribution in [1.29, 1.82) is 0 Å². The molecule has 132 valence electrons. The van der Waals surface area contributed by atoms with Gasteiger partial charge in [0.2, 0.25) is 5.96 Å². The van der Waals surface area contributed by atoms with E-state index in [1.807, 2.05) is 54.6 Å². The molecular weight excluding hydrogens is 324 g/mol. The van der Waals surface area contributed by atoms with Crippen molar-refractivity contribution < 1.29 is 4.84 Å². The Labute approximate surface area is 153 Å². The van der Waals surface area contributed by atoms with Crippen molar-refractivity contribution in [3.63, 3.8) is 0 Å². The first-order valence-electron chi connectivity index (χ1n) is 8.47. The topological polar surface area (TPSA) is 58.5 Å². The van der Waals surface area contributed by atoms with E-state index < -0.39 is 0 Å². The Balaban J connectivity index is 1.76. The van der Waals surface area contributed by atoms with Crippen LogP contribution in [0.15, 0.2) is 84.0 Å². The zero-order chi connectivity index (χ0) is 18.0. The van der Waals surface area contributed by atoms with Gasteiger partial charge in [0.05, 0.1) is 13.7 Å². The van der Waals surface area contributed by atoms with Gasteiger partial charge in [-0.2, -0.15) is 0 Å². The van der Waals surface area contributed by atoms with Crippen molar-refractivity contribution in [3.8, 4) is 0 Å². The number of hydrogen-bond acceptors (Lipinski definition) is 3. The summed E-state index contributed by atoms with van der Waals surface area (Å²) in [6.07, 6.45) is 2.55. The quantitative estimate of drug-likeness (QED) is 0.405. The summed E-state index contributed by atoms with van der Waals surface area (Å²) in [5, 5.41) is 3.24. The highest BCUT2D eigenvalue weighted by Gasteiger charge is 2.07. The van der Waals surface area contributed by atoms with E-state index >= 15 is 0 Å². The molecule has 0 radical (unpaired) electrons. The molecule has 0 bridgehead atoms. The standard InChI is InChI=1S/C21H22N4O/c1-26-25-21(23-16-18-11-6-3-7-12-18)24-20-19(13-8-14-22-20)15-17-9-4-2-5-10-17/h2-14H,15-16H2,1H3,(H2,22,23,24,25). The van der Waals surface area contributed by atoms with Gasteiger partial charge in [-0.15, -0.1) is 0 Å². The molecule has 1 heterocycles. The van der Waals surface area contributed by atoms with Crippen LogP contribution in [-0.4, -0.2) is 18.1 Å². The monoisotopic (exact) mass is 346 g/mol. The lowest BCUT2D eigenvalue weighted by atomic mass is 10.1. The Bertz CT molecular complexity index is 835. The van der Waals surface area contributed by atoms with Crippen LogP contribution in [0.3, 0.4) is 0 Å². The highest BCUT2D eigenvalue weighted by molar-refractivity contribution is 5.92. The van der Waals surface area contributed by atoms with Gasteiger partial charge in [0.25, 0.3) is 0 Å². The van der Waals surface area contributed by atoms with Gasteiger partial charge in [0, 0.05) is 12.6 Å². The average molecular weight is 346 g/mol. The van der Waals surface area contributed by atoms with E-state index in [1.165, 1.54) is 5.56 Å². The maximum absolute atomic E-state index is 5.05. The van der Waals surface area contributed by atoms with E-state index in [0.717, 1.165) is 23.4 Å². The number of anilines is 1. The predicted molar refractivity (Wildman–Crippen MR) is 105 cm³/mol. The maximum Gasteiger partial charge on any atom is 0.221 e. The minimum atomic E-state index is 0.518. The van der Waals surface area contributed by atoms with E-state index in [2.05, 4.69) is 39.0 Å². The minimum Gasteiger partial charge on any atom is -0.309 e. The summed E-state index contributed by atoms with van der Waals surface area (Å²) < 4.78 is 0. The molecule has 3 aromatic rings. The number of nitrogens with zero attached hydrogens (tertiary/aromatic N) is 2. The van der Waals surface area contributed by atoms with Gasteiger partial charge in [-0.3, -0.25) is 4.84 Å². The first kappa shape index (κ1) is 17.6. The molecule has 0 unspecified atom stereocenters. The highest BCUT2D eigenvalue weighted by atomic mass is 16.6. The SMILES string of the molecule is CONC(=NCc1ccccc1)Nc1ncccc1Cc1ccccc1. The zero-order valence-corrected chi connectivity index (χ0v) is 14.7. The summed E-state index contributed by atoms with van der Waals surface area (Å²) in [7, 11) is 1.56. The van der Waals surface area contributed by atoms with Gasteiger partial charge in [0.1, 0.15) is 5.82 Å². The second-order valence-corrected chi connectivity index (χ2v) is 5.76. The van der Waals surface area contributed by atoms with Crippen molar-refractivity contribution in [1.82, 2.24) is 10.5 Å². The third-order valence-electron chi connectivity index (χ3n) is 3.83. The molecule has 0 fully saturated rings. The maximum atomic E-state index is 5.05. The summed E-state index contributed by atoms with van der Waals surface area (Å²) in [4.78, 5) is 14.1. The average Bonchev–Trinajstić information content (AvgIpc) is 2.69. The van der Waals surface area contributed by atoms with E-state index in [0.29, 0.717) is 12.5 Å². The Morgan fingerprint density at radius 3 is 2.31 bits per heavy atom. The number of guanidine groups is 1.